The van der Waals surface area contributed by atoms with Crippen LogP contribution in [-0.2, 0) is 6.42 Å². The lowest BCUT2D eigenvalue weighted by Gasteiger charge is -2.26. The van der Waals surface area contributed by atoms with E-state index in [1.54, 1.807) is 12.1 Å². The van der Waals surface area contributed by atoms with Crippen molar-refractivity contribution in [3.05, 3.63) is 124 Å². The average Bonchev–Trinajstić information content (AvgIpc) is 3.02. The normalized spacial score (nSPS) is 14.6. The summed E-state index contributed by atoms with van der Waals surface area (Å²) < 4.78 is 11.7. The monoisotopic (exact) mass is 561 g/mol. The summed E-state index contributed by atoms with van der Waals surface area (Å²) in [6.07, 6.45) is 1.47. The van der Waals surface area contributed by atoms with Gasteiger partial charge in [0.2, 0.25) is 0 Å². The quantitative estimate of drug-likeness (QED) is 0.223. The summed E-state index contributed by atoms with van der Waals surface area (Å²) in [6, 6.07) is 28.5. The van der Waals surface area contributed by atoms with E-state index < -0.39 is 5.97 Å². The van der Waals surface area contributed by atoms with Crippen LogP contribution >= 0.6 is 0 Å². The molecule has 0 saturated heterocycles. The molecule has 2 N–H and O–H groups in total. The summed E-state index contributed by atoms with van der Waals surface area (Å²) >= 11 is 0. The molecule has 1 heterocycles. The molecule has 0 fully saturated rings. The molecule has 1 aliphatic heterocycles. The van der Waals surface area contributed by atoms with E-state index in [2.05, 4.69) is 38.2 Å². The van der Waals surface area contributed by atoms with Crippen molar-refractivity contribution in [2.45, 2.75) is 39.7 Å². The van der Waals surface area contributed by atoms with Crippen LogP contribution in [0.3, 0.4) is 0 Å². The molecular weight excluding hydrogens is 526 g/mol. The maximum absolute atomic E-state index is 13.0. The van der Waals surface area contributed by atoms with Crippen molar-refractivity contribution >= 4 is 17.4 Å². The molecule has 0 bridgehead atoms. The number of aryl methyl sites for hydroxylation is 2. The Hall–Kier alpha value is -4.84. The molecule has 214 valence electrons. The molecular formula is C36H35NO5. The van der Waals surface area contributed by atoms with E-state index in [9.17, 15) is 14.7 Å². The second-order valence-corrected chi connectivity index (χ2v) is 10.7. The number of hydrogen-bond donors (Lipinski definition) is 2. The SMILES string of the molecule is C/C(CCc1ccc(-c2ccccc2C(=O)O)cc1)=C(\C)c1cc(C(=O)NCC2COc3ccccc3O2)ccc1C. The summed E-state index contributed by atoms with van der Waals surface area (Å²) in [5, 5.41) is 12.5. The second kappa shape index (κ2) is 12.8. The third kappa shape index (κ3) is 6.55. The summed E-state index contributed by atoms with van der Waals surface area (Å²) in [6.45, 7) is 7.04. The first kappa shape index (κ1) is 28.7. The zero-order valence-corrected chi connectivity index (χ0v) is 24.1. The van der Waals surface area contributed by atoms with Gasteiger partial charge in [0.1, 0.15) is 12.7 Å². The van der Waals surface area contributed by atoms with Gasteiger partial charge < -0.3 is 19.9 Å². The fraction of sp³-hybridized carbons (Fsp3) is 0.222. The molecule has 0 saturated carbocycles. The van der Waals surface area contributed by atoms with Crippen LogP contribution in [-0.4, -0.2) is 36.2 Å². The van der Waals surface area contributed by atoms with Crippen LogP contribution in [0.15, 0.2) is 96.6 Å². The Labute approximate surface area is 246 Å². The first-order chi connectivity index (χ1) is 20.3. The number of carbonyl (C=O) groups excluding carboxylic acids is 1. The standard InChI is InChI=1S/C36H35NO5/c1-23(12-14-26-15-18-27(19-16-26)30-8-4-5-9-31(30)36(39)40)25(3)32-20-28(17-13-24(32)2)35(38)37-21-29-22-41-33-10-6-7-11-34(33)42-29/h4-11,13,15-20,29H,12,14,21-22H2,1-3H3,(H,37,38)(H,39,40)/b25-23-. The predicted molar refractivity (Wildman–Crippen MR) is 165 cm³/mol. The van der Waals surface area contributed by atoms with E-state index in [1.165, 1.54) is 11.1 Å². The summed E-state index contributed by atoms with van der Waals surface area (Å²) in [5.41, 5.74) is 8.28. The molecule has 6 nitrogen and oxygen atoms in total. The Kier molecular flexibility index (Phi) is 8.72. The number of rotatable bonds is 9. The zero-order valence-electron chi connectivity index (χ0n) is 24.1. The van der Waals surface area contributed by atoms with E-state index in [4.69, 9.17) is 9.47 Å². The number of hydrogen-bond acceptors (Lipinski definition) is 4. The Morgan fingerprint density at radius 3 is 2.36 bits per heavy atom. The van der Waals surface area contributed by atoms with Gasteiger partial charge in [-0.25, -0.2) is 4.79 Å². The fourth-order valence-electron chi connectivity index (χ4n) is 5.16. The Bertz CT molecular complexity index is 1640. The number of amides is 1. The maximum atomic E-state index is 13.0. The highest BCUT2D eigenvalue weighted by molar-refractivity contribution is 5.96. The lowest BCUT2D eigenvalue weighted by molar-refractivity contribution is 0.0697. The molecule has 4 aromatic carbocycles. The number of allylic oxidation sites excluding steroid dienone is 2. The van der Waals surface area contributed by atoms with Crippen molar-refractivity contribution in [2.75, 3.05) is 13.2 Å². The molecule has 4 aromatic rings. The van der Waals surface area contributed by atoms with Crippen LogP contribution < -0.4 is 14.8 Å². The molecule has 42 heavy (non-hydrogen) atoms. The fourth-order valence-corrected chi connectivity index (χ4v) is 5.16. The van der Waals surface area contributed by atoms with E-state index in [-0.39, 0.29) is 12.0 Å². The lowest BCUT2D eigenvalue weighted by atomic mass is 9.92. The summed E-state index contributed by atoms with van der Waals surface area (Å²) in [7, 11) is 0. The van der Waals surface area contributed by atoms with Crippen molar-refractivity contribution in [1.82, 2.24) is 5.32 Å². The number of carboxylic acids is 1. The van der Waals surface area contributed by atoms with E-state index in [1.807, 2.05) is 66.7 Å². The van der Waals surface area contributed by atoms with Crippen molar-refractivity contribution in [3.8, 4) is 22.6 Å². The molecule has 1 aliphatic rings. The van der Waals surface area contributed by atoms with Gasteiger partial charge in [-0.2, -0.15) is 0 Å². The van der Waals surface area contributed by atoms with E-state index in [0.29, 0.717) is 35.6 Å². The van der Waals surface area contributed by atoms with Gasteiger partial charge in [0, 0.05) is 5.56 Å². The highest BCUT2D eigenvalue weighted by Crippen LogP contribution is 2.31. The number of benzene rings is 4. The van der Waals surface area contributed by atoms with Gasteiger partial charge in [-0.05, 0) is 97.3 Å². The highest BCUT2D eigenvalue weighted by atomic mass is 16.6. The Balaban J connectivity index is 1.22. The minimum Gasteiger partial charge on any atom is -0.486 e. The van der Waals surface area contributed by atoms with Crippen molar-refractivity contribution in [2.24, 2.45) is 0 Å². The maximum Gasteiger partial charge on any atom is 0.336 e. The molecule has 6 heteroatoms. The van der Waals surface area contributed by atoms with Gasteiger partial charge >= 0.3 is 5.97 Å². The molecule has 5 rings (SSSR count). The minimum absolute atomic E-state index is 0.145. The first-order valence-electron chi connectivity index (χ1n) is 14.2. The van der Waals surface area contributed by atoms with Crippen LogP contribution in [0.1, 0.15) is 57.7 Å². The number of carboxylic acid groups (broad SMARTS) is 1. The van der Waals surface area contributed by atoms with Crippen molar-refractivity contribution < 1.29 is 24.2 Å². The molecule has 0 aliphatic carbocycles. The van der Waals surface area contributed by atoms with Gasteiger partial charge in [0.05, 0.1) is 12.1 Å². The zero-order chi connectivity index (χ0) is 29.6. The van der Waals surface area contributed by atoms with Gasteiger partial charge in [0.25, 0.3) is 5.91 Å². The molecule has 1 unspecified atom stereocenters. The number of nitrogens with one attached hydrogen (secondary N) is 1. The number of ether oxygens (including phenoxy) is 2. The van der Waals surface area contributed by atoms with E-state index >= 15 is 0 Å². The average molecular weight is 562 g/mol. The number of para-hydroxylation sites is 2. The third-order valence-corrected chi connectivity index (χ3v) is 7.81. The number of carbonyl (C=O) groups is 2. The highest BCUT2D eigenvalue weighted by Gasteiger charge is 2.21. The third-order valence-electron chi connectivity index (χ3n) is 7.81. The van der Waals surface area contributed by atoms with Crippen LogP contribution in [0, 0.1) is 6.92 Å². The minimum atomic E-state index is -0.929. The van der Waals surface area contributed by atoms with Crippen LogP contribution in [0.25, 0.3) is 16.7 Å². The summed E-state index contributed by atoms with van der Waals surface area (Å²) in [5.74, 6) is 0.339. The smallest absolute Gasteiger partial charge is 0.336 e. The van der Waals surface area contributed by atoms with Crippen LogP contribution in [0.2, 0.25) is 0 Å². The van der Waals surface area contributed by atoms with E-state index in [0.717, 1.165) is 40.9 Å². The van der Waals surface area contributed by atoms with Crippen molar-refractivity contribution in [3.63, 3.8) is 0 Å². The Morgan fingerprint density at radius 2 is 1.60 bits per heavy atom. The molecule has 0 radical (unpaired) electrons. The topological polar surface area (TPSA) is 84.9 Å². The van der Waals surface area contributed by atoms with Crippen LogP contribution in [0.4, 0.5) is 0 Å². The second-order valence-electron chi connectivity index (χ2n) is 10.7. The molecule has 1 atom stereocenters. The molecule has 1 amide bonds. The molecule has 0 spiro atoms. The number of fused-ring (bicyclic) bond motifs is 1. The van der Waals surface area contributed by atoms with Crippen LogP contribution in [0.5, 0.6) is 11.5 Å². The number of aromatic carboxylic acids is 1. The molecule has 0 aromatic heterocycles. The van der Waals surface area contributed by atoms with Gasteiger partial charge in [-0.3, -0.25) is 4.79 Å². The lowest BCUT2D eigenvalue weighted by Crippen LogP contribution is -2.40. The summed E-state index contributed by atoms with van der Waals surface area (Å²) in [4.78, 5) is 24.6. The largest absolute Gasteiger partial charge is 0.486 e. The predicted octanol–water partition coefficient (Wildman–Crippen LogP) is 7.36. The van der Waals surface area contributed by atoms with Gasteiger partial charge in [-0.15, -0.1) is 0 Å². The Morgan fingerprint density at radius 1 is 0.881 bits per heavy atom. The first-order valence-corrected chi connectivity index (χ1v) is 14.2. The van der Waals surface area contributed by atoms with Gasteiger partial charge in [-0.1, -0.05) is 66.2 Å². The van der Waals surface area contributed by atoms with Crippen molar-refractivity contribution in [1.29, 1.82) is 0 Å². The van der Waals surface area contributed by atoms with Gasteiger partial charge in [0.15, 0.2) is 11.5 Å².